The largest absolute Gasteiger partial charge is 0.493 e. The summed E-state index contributed by atoms with van der Waals surface area (Å²) in [5, 5.41) is 6.29. The van der Waals surface area contributed by atoms with Gasteiger partial charge < -0.3 is 20.1 Å². The van der Waals surface area contributed by atoms with Crippen molar-refractivity contribution < 1.29 is 18.7 Å². The molecule has 1 fully saturated rings. The van der Waals surface area contributed by atoms with Crippen LogP contribution in [0.2, 0.25) is 5.02 Å². The lowest BCUT2D eigenvalue weighted by molar-refractivity contribution is -0.125. The summed E-state index contributed by atoms with van der Waals surface area (Å²) < 4.78 is 26.3. The standard InChI is InChI=1S/C23H25ClFN5O3/c1-26-20(31)12-30-9-4-3-8-21(30)33-19-10-14-17(11-18(19)32-2)27-13-28-23(14)29-16-7-5-6-15(24)22(16)25/h5-7,10-11,13,21H,3-4,8-9,12H2,1-2H3,(H,26,31)(H,27,28,29). The second-order valence-corrected chi connectivity index (χ2v) is 8.09. The number of ether oxygens (including phenoxy) is 2. The van der Waals surface area contributed by atoms with E-state index in [1.165, 1.54) is 12.4 Å². The highest BCUT2D eigenvalue weighted by Crippen LogP contribution is 2.37. The molecule has 0 spiro atoms. The van der Waals surface area contributed by atoms with E-state index < -0.39 is 5.82 Å². The number of likely N-dealkylation sites (tertiary alicyclic amines) is 1. The van der Waals surface area contributed by atoms with Crippen LogP contribution in [0.3, 0.4) is 0 Å². The number of amides is 1. The number of carbonyl (C=O) groups is 1. The third-order valence-electron chi connectivity index (χ3n) is 5.57. The van der Waals surface area contributed by atoms with E-state index in [-0.39, 0.29) is 29.4 Å². The van der Waals surface area contributed by atoms with Crippen molar-refractivity contribution in [1.82, 2.24) is 20.2 Å². The Kier molecular flexibility index (Phi) is 7.10. The minimum atomic E-state index is -0.567. The fourth-order valence-corrected chi connectivity index (χ4v) is 4.00. The van der Waals surface area contributed by atoms with Crippen molar-refractivity contribution in [3.05, 3.63) is 47.5 Å². The maximum atomic E-state index is 14.5. The first kappa shape index (κ1) is 23.0. The third-order valence-corrected chi connectivity index (χ3v) is 5.86. The van der Waals surface area contributed by atoms with Crippen LogP contribution in [0.25, 0.3) is 10.9 Å². The van der Waals surface area contributed by atoms with Crippen molar-refractivity contribution in [2.75, 3.05) is 32.6 Å². The Bertz CT molecular complexity index is 1160. The zero-order valence-electron chi connectivity index (χ0n) is 18.4. The number of hydrogen-bond donors (Lipinski definition) is 2. The van der Waals surface area contributed by atoms with E-state index in [0.29, 0.717) is 28.2 Å². The van der Waals surface area contributed by atoms with E-state index in [9.17, 15) is 9.18 Å². The van der Waals surface area contributed by atoms with Gasteiger partial charge in [-0.05, 0) is 37.5 Å². The predicted molar refractivity (Wildman–Crippen MR) is 125 cm³/mol. The molecule has 10 heteroatoms. The number of fused-ring (bicyclic) bond motifs is 1. The Morgan fingerprint density at radius 2 is 2.12 bits per heavy atom. The summed E-state index contributed by atoms with van der Waals surface area (Å²) in [6.45, 7) is 1.01. The van der Waals surface area contributed by atoms with Crippen molar-refractivity contribution in [3.8, 4) is 11.5 Å². The second-order valence-electron chi connectivity index (χ2n) is 7.68. The molecular formula is C23H25ClFN5O3. The number of rotatable bonds is 7. The van der Waals surface area contributed by atoms with Crippen molar-refractivity contribution in [2.45, 2.75) is 25.5 Å². The SMILES string of the molecule is CNC(=O)CN1CCCCC1Oc1cc2c(Nc3cccc(Cl)c3F)ncnc2cc1OC. The molecule has 1 amide bonds. The molecule has 1 atom stereocenters. The van der Waals surface area contributed by atoms with Gasteiger partial charge in [-0.1, -0.05) is 17.7 Å². The molecule has 0 aliphatic carbocycles. The Morgan fingerprint density at radius 3 is 2.91 bits per heavy atom. The van der Waals surface area contributed by atoms with Crippen LogP contribution in [-0.4, -0.2) is 54.2 Å². The van der Waals surface area contributed by atoms with Crippen molar-refractivity contribution in [2.24, 2.45) is 0 Å². The number of methoxy groups -OCH3 is 1. The molecule has 174 valence electrons. The fraction of sp³-hybridized carbons (Fsp3) is 0.348. The normalized spacial score (nSPS) is 16.4. The van der Waals surface area contributed by atoms with E-state index >= 15 is 0 Å². The molecule has 3 aromatic rings. The number of carbonyl (C=O) groups excluding carboxylic acids is 1. The Morgan fingerprint density at radius 1 is 1.27 bits per heavy atom. The van der Waals surface area contributed by atoms with E-state index in [0.717, 1.165) is 25.8 Å². The van der Waals surface area contributed by atoms with Gasteiger partial charge in [0.15, 0.2) is 23.5 Å². The number of halogens is 2. The van der Waals surface area contributed by atoms with Crippen molar-refractivity contribution in [1.29, 1.82) is 0 Å². The van der Waals surface area contributed by atoms with Crippen LogP contribution in [0.5, 0.6) is 11.5 Å². The summed E-state index contributed by atoms with van der Waals surface area (Å²) in [4.78, 5) is 22.6. The highest BCUT2D eigenvalue weighted by Gasteiger charge is 2.27. The summed E-state index contributed by atoms with van der Waals surface area (Å²) in [5.41, 5.74) is 0.801. The summed E-state index contributed by atoms with van der Waals surface area (Å²) in [5.74, 6) is 0.761. The van der Waals surface area contributed by atoms with E-state index in [2.05, 4.69) is 20.6 Å². The average Bonchev–Trinajstić information content (AvgIpc) is 2.83. The molecule has 2 aromatic carbocycles. The lowest BCUT2D eigenvalue weighted by Gasteiger charge is -2.35. The minimum absolute atomic E-state index is 0.0116. The molecule has 1 aromatic heterocycles. The molecule has 1 aliphatic heterocycles. The molecule has 8 nitrogen and oxygen atoms in total. The Labute approximate surface area is 196 Å². The summed E-state index contributed by atoms with van der Waals surface area (Å²) in [7, 11) is 3.17. The highest BCUT2D eigenvalue weighted by atomic mass is 35.5. The maximum Gasteiger partial charge on any atom is 0.234 e. The minimum Gasteiger partial charge on any atom is -0.493 e. The van der Waals surface area contributed by atoms with Gasteiger partial charge in [0.05, 0.1) is 29.9 Å². The number of piperidine rings is 1. The average molecular weight is 474 g/mol. The quantitative estimate of drug-likeness (QED) is 0.533. The van der Waals surface area contributed by atoms with E-state index in [1.54, 1.807) is 38.4 Å². The molecule has 0 saturated carbocycles. The number of aromatic nitrogens is 2. The number of benzene rings is 2. The van der Waals surface area contributed by atoms with Gasteiger partial charge in [0, 0.05) is 25.0 Å². The highest BCUT2D eigenvalue weighted by molar-refractivity contribution is 6.31. The molecule has 33 heavy (non-hydrogen) atoms. The van der Waals surface area contributed by atoms with Gasteiger partial charge in [0.2, 0.25) is 5.91 Å². The Hall–Kier alpha value is -3.17. The molecule has 4 rings (SSSR count). The van der Waals surface area contributed by atoms with Gasteiger partial charge in [0.1, 0.15) is 12.1 Å². The smallest absolute Gasteiger partial charge is 0.234 e. The predicted octanol–water partition coefficient (Wildman–Crippen LogP) is 4.11. The lowest BCUT2D eigenvalue weighted by Crippen LogP contribution is -2.47. The Balaban J connectivity index is 1.68. The van der Waals surface area contributed by atoms with Gasteiger partial charge >= 0.3 is 0 Å². The van der Waals surface area contributed by atoms with Gasteiger partial charge in [-0.2, -0.15) is 0 Å². The second kappa shape index (κ2) is 10.2. The van der Waals surface area contributed by atoms with Gasteiger partial charge in [-0.25, -0.2) is 14.4 Å². The van der Waals surface area contributed by atoms with Crippen molar-refractivity contribution >= 4 is 39.9 Å². The van der Waals surface area contributed by atoms with E-state index in [1.807, 2.05) is 4.90 Å². The number of anilines is 2. The van der Waals surface area contributed by atoms with Crippen LogP contribution >= 0.6 is 11.6 Å². The van der Waals surface area contributed by atoms with Gasteiger partial charge in [-0.3, -0.25) is 9.69 Å². The first-order valence-electron chi connectivity index (χ1n) is 10.6. The fourth-order valence-electron chi connectivity index (χ4n) is 3.83. The summed E-state index contributed by atoms with van der Waals surface area (Å²) in [6.07, 6.45) is 3.88. The summed E-state index contributed by atoms with van der Waals surface area (Å²) in [6, 6.07) is 8.22. The topological polar surface area (TPSA) is 88.6 Å². The summed E-state index contributed by atoms with van der Waals surface area (Å²) >= 11 is 5.91. The van der Waals surface area contributed by atoms with Crippen LogP contribution in [0.1, 0.15) is 19.3 Å². The van der Waals surface area contributed by atoms with Crippen molar-refractivity contribution in [3.63, 3.8) is 0 Å². The number of likely N-dealkylation sites (N-methyl/N-ethyl adjacent to an activating group) is 1. The van der Waals surface area contributed by atoms with Crippen LogP contribution < -0.4 is 20.1 Å². The number of nitrogens with one attached hydrogen (secondary N) is 2. The molecule has 0 bridgehead atoms. The molecular weight excluding hydrogens is 449 g/mol. The third kappa shape index (κ3) is 5.09. The van der Waals surface area contributed by atoms with Crippen LogP contribution in [0.15, 0.2) is 36.7 Å². The molecule has 0 radical (unpaired) electrons. The van der Waals surface area contributed by atoms with Crippen LogP contribution in [0, 0.1) is 5.82 Å². The van der Waals surface area contributed by atoms with Gasteiger partial charge in [-0.15, -0.1) is 0 Å². The lowest BCUT2D eigenvalue weighted by atomic mass is 10.1. The first-order chi connectivity index (χ1) is 16.0. The zero-order valence-corrected chi connectivity index (χ0v) is 19.2. The zero-order chi connectivity index (χ0) is 23.4. The van der Waals surface area contributed by atoms with E-state index in [4.69, 9.17) is 21.1 Å². The maximum absolute atomic E-state index is 14.5. The first-order valence-corrected chi connectivity index (χ1v) is 11.0. The molecule has 2 N–H and O–H groups in total. The molecule has 1 saturated heterocycles. The molecule has 1 unspecified atom stereocenters. The monoisotopic (exact) mass is 473 g/mol. The van der Waals surface area contributed by atoms with Gasteiger partial charge in [0.25, 0.3) is 0 Å². The van der Waals surface area contributed by atoms with Crippen LogP contribution in [-0.2, 0) is 4.79 Å². The molecule has 1 aliphatic rings. The number of hydrogen-bond acceptors (Lipinski definition) is 7. The van der Waals surface area contributed by atoms with Crippen LogP contribution in [0.4, 0.5) is 15.9 Å². The molecule has 2 heterocycles. The number of nitrogens with zero attached hydrogens (tertiary/aromatic N) is 3.